The molecule has 3 rings (SSSR count). The number of non-ortho nitro benzene ring substituents is 1. The van der Waals surface area contributed by atoms with Crippen molar-refractivity contribution in [1.29, 1.82) is 0 Å². The maximum atomic E-state index is 13.4. The van der Waals surface area contributed by atoms with Gasteiger partial charge in [-0.15, -0.1) is 6.42 Å². The van der Waals surface area contributed by atoms with Gasteiger partial charge in [-0.2, -0.15) is 0 Å². The molecule has 2 aromatic carbocycles. The Hall–Kier alpha value is -3.19. The molecule has 2 aromatic rings. The number of nitrogens with zero attached hydrogens (tertiary/aromatic N) is 1. The van der Waals surface area contributed by atoms with Crippen molar-refractivity contribution in [1.82, 2.24) is 0 Å². The number of rotatable bonds is 2. The molecule has 1 aliphatic rings. The van der Waals surface area contributed by atoms with Crippen LogP contribution in [0.3, 0.4) is 0 Å². The standard InChI is InChI=1S/C18H10FNO2/c1-2-13-10-14(17-8-5-15(19)11-18(13)17)9-12-3-6-16(7-4-12)20(21)22/h1,3-11H. The van der Waals surface area contributed by atoms with Crippen molar-refractivity contribution in [3.63, 3.8) is 0 Å². The zero-order valence-electron chi connectivity index (χ0n) is 11.4. The van der Waals surface area contributed by atoms with Gasteiger partial charge in [-0.3, -0.25) is 10.1 Å². The van der Waals surface area contributed by atoms with Crippen molar-refractivity contribution in [2.45, 2.75) is 0 Å². The van der Waals surface area contributed by atoms with Crippen molar-refractivity contribution in [2.75, 3.05) is 0 Å². The van der Waals surface area contributed by atoms with Crippen LogP contribution < -0.4 is 0 Å². The summed E-state index contributed by atoms with van der Waals surface area (Å²) in [5, 5.41) is 10.7. The number of halogens is 1. The Bertz CT molecular complexity index is 871. The van der Waals surface area contributed by atoms with E-state index in [-0.39, 0.29) is 11.5 Å². The van der Waals surface area contributed by atoms with Gasteiger partial charge in [0, 0.05) is 23.3 Å². The molecule has 0 radical (unpaired) electrons. The fourth-order valence-electron chi connectivity index (χ4n) is 2.41. The predicted molar refractivity (Wildman–Crippen MR) is 84.2 cm³/mol. The predicted octanol–water partition coefficient (Wildman–Crippen LogP) is 4.30. The molecule has 4 heteroatoms. The average molecular weight is 291 g/mol. The van der Waals surface area contributed by atoms with E-state index in [1.807, 2.05) is 12.2 Å². The summed E-state index contributed by atoms with van der Waals surface area (Å²) >= 11 is 0. The second-order valence-electron chi connectivity index (χ2n) is 4.84. The van der Waals surface area contributed by atoms with E-state index in [4.69, 9.17) is 6.42 Å². The normalized spacial score (nSPS) is 14.4. The number of fused-ring (bicyclic) bond motifs is 1. The lowest BCUT2D eigenvalue weighted by molar-refractivity contribution is -0.384. The summed E-state index contributed by atoms with van der Waals surface area (Å²) in [7, 11) is 0. The number of benzene rings is 2. The van der Waals surface area contributed by atoms with Crippen LogP contribution in [0.15, 0.2) is 48.5 Å². The number of hydrogen-bond donors (Lipinski definition) is 0. The van der Waals surface area contributed by atoms with Crippen LogP contribution in [-0.4, -0.2) is 4.92 Å². The molecule has 0 heterocycles. The van der Waals surface area contributed by atoms with Crippen molar-refractivity contribution in [3.8, 4) is 12.3 Å². The highest BCUT2D eigenvalue weighted by molar-refractivity contribution is 6.05. The molecule has 106 valence electrons. The van der Waals surface area contributed by atoms with Crippen LogP contribution in [0.5, 0.6) is 0 Å². The molecule has 22 heavy (non-hydrogen) atoms. The van der Waals surface area contributed by atoms with Crippen LogP contribution in [0, 0.1) is 28.3 Å². The monoisotopic (exact) mass is 291 g/mol. The second kappa shape index (κ2) is 5.30. The largest absolute Gasteiger partial charge is 0.269 e. The minimum atomic E-state index is -0.444. The summed E-state index contributed by atoms with van der Waals surface area (Å²) in [4.78, 5) is 10.2. The molecule has 0 saturated heterocycles. The molecule has 0 N–H and O–H groups in total. The van der Waals surface area contributed by atoms with Gasteiger partial charge in [-0.25, -0.2) is 4.39 Å². The Morgan fingerprint density at radius 1 is 1.14 bits per heavy atom. The van der Waals surface area contributed by atoms with Crippen molar-refractivity contribution in [2.24, 2.45) is 0 Å². The summed E-state index contributed by atoms with van der Waals surface area (Å²) in [6.45, 7) is 0. The first-order valence-corrected chi connectivity index (χ1v) is 6.53. The van der Waals surface area contributed by atoms with Gasteiger partial charge in [0.05, 0.1) is 4.92 Å². The van der Waals surface area contributed by atoms with Crippen molar-refractivity contribution in [3.05, 3.63) is 81.2 Å². The molecule has 0 atom stereocenters. The third kappa shape index (κ3) is 2.40. The quantitative estimate of drug-likeness (QED) is 0.470. The molecule has 0 fully saturated rings. The first-order valence-electron chi connectivity index (χ1n) is 6.53. The Kier molecular flexibility index (Phi) is 3.32. The first kappa shape index (κ1) is 13.8. The minimum absolute atomic E-state index is 0.0379. The van der Waals surface area contributed by atoms with Crippen LogP contribution in [0.25, 0.3) is 17.2 Å². The van der Waals surface area contributed by atoms with Gasteiger partial charge >= 0.3 is 0 Å². The summed E-state index contributed by atoms with van der Waals surface area (Å²) in [5.41, 5.74) is 3.88. The lowest BCUT2D eigenvalue weighted by atomic mass is 10.0. The smallest absolute Gasteiger partial charge is 0.258 e. The topological polar surface area (TPSA) is 43.1 Å². The molecule has 0 aromatic heterocycles. The number of nitro benzene ring substituents is 1. The molecule has 1 aliphatic carbocycles. The van der Waals surface area contributed by atoms with Gasteiger partial charge in [-0.1, -0.05) is 12.0 Å². The molecule has 0 amide bonds. The third-order valence-electron chi connectivity index (χ3n) is 3.46. The lowest BCUT2D eigenvalue weighted by Gasteiger charge is -2.02. The maximum Gasteiger partial charge on any atom is 0.269 e. The van der Waals surface area contributed by atoms with E-state index < -0.39 is 4.92 Å². The van der Waals surface area contributed by atoms with E-state index in [0.29, 0.717) is 11.1 Å². The van der Waals surface area contributed by atoms with Gasteiger partial charge in [0.25, 0.3) is 5.69 Å². The Labute approximate surface area is 126 Å². The highest BCUT2D eigenvalue weighted by atomic mass is 19.1. The van der Waals surface area contributed by atoms with Gasteiger partial charge in [-0.05, 0) is 53.1 Å². The van der Waals surface area contributed by atoms with E-state index in [1.54, 1.807) is 18.2 Å². The van der Waals surface area contributed by atoms with Gasteiger partial charge < -0.3 is 0 Å². The van der Waals surface area contributed by atoms with Crippen LogP contribution >= 0.6 is 0 Å². The van der Waals surface area contributed by atoms with Gasteiger partial charge in [0.1, 0.15) is 5.82 Å². The zero-order valence-corrected chi connectivity index (χ0v) is 11.4. The average Bonchev–Trinajstić information content (AvgIpc) is 2.85. The minimum Gasteiger partial charge on any atom is -0.258 e. The number of allylic oxidation sites excluding steroid dienone is 3. The first-order chi connectivity index (χ1) is 10.6. The maximum absolute atomic E-state index is 13.4. The molecule has 3 nitrogen and oxygen atoms in total. The number of nitro groups is 1. The van der Waals surface area contributed by atoms with Crippen LogP contribution in [-0.2, 0) is 0 Å². The van der Waals surface area contributed by atoms with Gasteiger partial charge in [0.15, 0.2) is 0 Å². The SMILES string of the molecule is C#CC1=CC(=Cc2ccc([N+](=O)[O-])cc2)c2ccc(F)cc21. The van der Waals surface area contributed by atoms with Crippen LogP contribution in [0.4, 0.5) is 10.1 Å². The molecule has 0 spiro atoms. The van der Waals surface area contributed by atoms with E-state index in [2.05, 4.69) is 5.92 Å². The van der Waals surface area contributed by atoms with E-state index in [0.717, 1.165) is 16.7 Å². The molecular weight excluding hydrogens is 281 g/mol. The van der Waals surface area contributed by atoms with Crippen LogP contribution in [0.1, 0.15) is 16.7 Å². The molecule has 0 unspecified atom stereocenters. The molecular formula is C18H10FNO2. The van der Waals surface area contributed by atoms with Gasteiger partial charge in [0.2, 0.25) is 0 Å². The number of hydrogen-bond acceptors (Lipinski definition) is 2. The fraction of sp³-hybridized carbons (Fsp3) is 0. The summed E-state index contributed by atoms with van der Waals surface area (Å²) in [5.74, 6) is 2.21. The zero-order chi connectivity index (χ0) is 15.7. The van der Waals surface area contributed by atoms with Crippen molar-refractivity contribution < 1.29 is 9.31 Å². The Morgan fingerprint density at radius 3 is 2.50 bits per heavy atom. The second-order valence-corrected chi connectivity index (χ2v) is 4.84. The van der Waals surface area contributed by atoms with Crippen LogP contribution in [0.2, 0.25) is 0 Å². The summed E-state index contributed by atoms with van der Waals surface area (Å²) in [6.07, 6.45) is 9.14. The van der Waals surface area contributed by atoms with E-state index in [1.165, 1.54) is 24.3 Å². The summed E-state index contributed by atoms with van der Waals surface area (Å²) < 4.78 is 13.4. The van der Waals surface area contributed by atoms with Crippen molar-refractivity contribution >= 4 is 22.9 Å². The lowest BCUT2D eigenvalue weighted by Crippen LogP contribution is -1.87. The highest BCUT2D eigenvalue weighted by Crippen LogP contribution is 2.36. The number of terminal acetylenes is 1. The molecule has 0 bridgehead atoms. The summed E-state index contributed by atoms with van der Waals surface area (Å²) in [6, 6.07) is 10.7. The molecule has 0 aliphatic heterocycles. The van der Waals surface area contributed by atoms with E-state index >= 15 is 0 Å². The van der Waals surface area contributed by atoms with E-state index in [9.17, 15) is 14.5 Å². The highest BCUT2D eigenvalue weighted by Gasteiger charge is 2.17. The molecule has 0 saturated carbocycles. The fourth-order valence-corrected chi connectivity index (χ4v) is 2.41. The Balaban J connectivity index is 2.04. The third-order valence-corrected chi connectivity index (χ3v) is 3.46. The Morgan fingerprint density at radius 2 is 1.86 bits per heavy atom.